The van der Waals surface area contributed by atoms with Crippen LogP contribution in [0.3, 0.4) is 0 Å². The molecule has 2 aromatic carbocycles. The molecule has 2 aliphatic heterocycles. The molecule has 146 valence electrons. The molecule has 0 saturated carbocycles. The van der Waals surface area contributed by atoms with Gasteiger partial charge in [-0.05, 0) is 62.1 Å². The number of likely N-dealkylation sites (tertiary alicyclic amines) is 1. The lowest BCUT2D eigenvalue weighted by atomic mass is 9.99. The Hall–Kier alpha value is -2.66. The second-order valence-corrected chi connectivity index (χ2v) is 7.75. The lowest BCUT2D eigenvalue weighted by Crippen LogP contribution is -2.40. The molecule has 0 radical (unpaired) electrons. The first-order valence-corrected chi connectivity index (χ1v) is 10.1. The normalized spacial score (nSPS) is 21.1. The molecule has 2 amide bonds. The van der Waals surface area contributed by atoms with E-state index in [0.29, 0.717) is 12.3 Å². The van der Waals surface area contributed by atoms with Gasteiger partial charge in [0.1, 0.15) is 0 Å². The van der Waals surface area contributed by atoms with Gasteiger partial charge in [0, 0.05) is 30.9 Å². The highest BCUT2D eigenvalue weighted by atomic mass is 16.2. The van der Waals surface area contributed by atoms with Crippen LogP contribution in [0.5, 0.6) is 0 Å². The third kappa shape index (κ3) is 3.94. The topological polar surface area (TPSA) is 52.7 Å². The fraction of sp³-hybridized carbons (Fsp3) is 0.391. The Morgan fingerprint density at radius 1 is 1.07 bits per heavy atom. The molecule has 0 unspecified atom stereocenters. The van der Waals surface area contributed by atoms with Crippen LogP contribution in [0.25, 0.3) is 0 Å². The summed E-state index contributed by atoms with van der Waals surface area (Å²) < 4.78 is 0. The maximum Gasteiger partial charge on any atom is 0.241 e. The van der Waals surface area contributed by atoms with E-state index in [2.05, 4.69) is 34.5 Å². The minimum absolute atomic E-state index is 0.0127. The highest BCUT2D eigenvalue weighted by molar-refractivity contribution is 5.97. The van der Waals surface area contributed by atoms with Crippen LogP contribution in [-0.4, -0.2) is 42.4 Å². The van der Waals surface area contributed by atoms with E-state index >= 15 is 0 Å². The Kier molecular flexibility index (Phi) is 5.44. The highest BCUT2D eigenvalue weighted by Gasteiger charge is 2.30. The van der Waals surface area contributed by atoms with Crippen molar-refractivity contribution in [2.75, 3.05) is 29.9 Å². The van der Waals surface area contributed by atoms with E-state index in [9.17, 15) is 9.59 Å². The Bertz CT molecular complexity index is 835. The number of hydrogen-bond acceptors (Lipinski definition) is 3. The van der Waals surface area contributed by atoms with Crippen molar-refractivity contribution < 1.29 is 9.59 Å². The average molecular weight is 377 g/mol. The summed E-state index contributed by atoms with van der Waals surface area (Å²) in [7, 11) is 0. The molecule has 5 heteroatoms. The third-order valence-electron chi connectivity index (χ3n) is 5.94. The van der Waals surface area contributed by atoms with Gasteiger partial charge in [-0.15, -0.1) is 0 Å². The molecule has 2 aromatic rings. The third-order valence-corrected chi connectivity index (χ3v) is 5.94. The Labute approximate surface area is 166 Å². The van der Waals surface area contributed by atoms with Gasteiger partial charge in [-0.25, -0.2) is 0 Å². The van der Waals surface area contributed by atoms with Crippen LogP contribution >= 0.6 is 0 Å². The molecule has 0 bridgehead atoms. The molecule has 2 atom stereocenters. The summed E-state index contributed by atoms with van der Waals surface area (Å²) in [6.07, 6.45) is 2.62. The monoisotopic (exact) mass is 377 g/mol. The molecule has 0 aromatic heterocycles. The van der Waals surface area contributed by atoms with Crippen LogP contribution in [0.2, 0.25) is 0 Å². The first-order chi connectivity index (χ1) is 13.6. The van der Waals surface area contributed by atoms with Gasteiger partial charge in [-0.3, -0.25) is 14.5 Å². The molecular formula is C23H27N3O2. The number of rotatable bonds is 5. The number of amides is 2. The summed E-state index contributed by atoms with van der Waals surface area (Å²) in [5.74, 6) is 0.680. The summed E-state index contributed by atoms with van der Waals surface area (Å²) in [6, 6.07) is 17.9. The van der Waals surface area contributed by atoms with Crippen LogP contribution in [0, 0.1) is 0 Å². The number of nitrogens with one attached hydrogen (secondary N) is 1. The predicted molar refractivity (Wildman–Crippen MR) is 111 cm³/mol. The predicted octanol–water partition coefficient (Wildman–Crippen LogP) is 3.63. The molecule has 4 rings (SSSR count). The first-order valence-electron chi connectivity index (χ1n) is 10.1. The maximum atomic E-state index is 12.7. The Balaban J connectivity index is 1.34. The van der Waals surface area contributed by atoms with Crippen LogP contribution < -0.4 is 10.2 Å². The van der Waals surface area contributed by atoms with E-state index in [-0.39, 0.29) is 17.9 Å². The molecule has 2 saturated heterocycles. The van der Waals surface area contributed by atoms with Gasteiger partial charge >= 0.3 is 0 Å². The van der Waals surface area contributed by atoms with Gasteiger partial charge < -0.3 is 10.2 Å². The molecule has 5 nitrogen and oxygen atoms in total. The van der Waals surface area contributed by atoms with Gasteiger partial charge in [0.25, 0.3) is 0 Å². The van der Waals surface area contributed by atoms with Crippen LogP contribution in [-0.2, 0) is 9.59 Å². The van der Waals surface area contributed by atoms with Gasteiger partial charge in [-0.1, -0.05) is 30.3 Å². The zero-order chi connectivity index (χ0) is 19.5. The molecule has 28 heavy (non-hydrogen) atoms. The number of anilines is 2. The van der Waals surface area contributed by atoms with Crippen molar-refractivity contribution in [2.24, 2.45) is 0 Å². The number of nitrogens with zero attached hydrogens (tertiary/aromatic N) is 2. The van der Waals surface area contributed by atoms with Crippen LogP contribution in [0.1, 0.15) is 37.7 Å². The quantitative estimate of drug-likeness (QED) is 0.866. The van der Waals surface area contributed by atoms with E-state index in [1.807, 2.05) is 42.2 Å². The summed E-state index contributed by atoms with van der Waals surface area (Å²) in [5.41, 5.74) is 3.02. The fourth-order valence-corrected chi connectivity index (χ4v) is 4.19. The van der Waals surface area contributed by atoms with Gasteiger partial charge in [0.05, 0.1) is 6.04 Å². The van der Waals surface area contributed by atoms with Crippen LogP contribution in [0.4, 0.5) is 11.4 Å². The van der Waals surface area contributed by atoms with Crippen molar-refractivity contribution in [3.8, 4) is 0 Å². The van der Waals surface area contributed by atoms with Crippen molar-refractivity contribution in [2.45, 2.75) is 38.1 Å². The number of benzene rings is 2. The van der Waals surface area contributed by atoms with Crippen molar-refractivity contribution in [3.63, 3.8) is 0 Å². The van der Waals surface area contributed by atoms with Gasteiger partial charge in [-0.2, -0.15) is 0 Å². The Morgan fingerprint density at radius 2 is 1.82 bits per heavy atom. The summed E-state index contributed by atoms with van der Waals surface area (Å²) in [6.45, 7) is 4.60. The molecule has 2 heterocycles. The first kappa shape index (κ1) is 18.7. The highest BCUT2D eigenvalue weighted by Crippen LogP contribution is 2.28. The standard InChI is InChI=1S/C23H27N3O2/c1-17(25-15-13-19(16-25)18-6-3-2-4-7-18)23(28)24-20-9-11-21(12-10-20)26-14-5-8-22(26)27/h2-4,6-7,9-12,17,19H,5,8,13-16H2,1H3,(H,24,28)/t17-,19-/m0/s1. The minimum Gasteiger partial charge on any atom is -0.325 e. The second kappa shape index (κ2) is 8.15. The van der Waals surface area contributed by atoms with Gasteiger partial charge in [0.15, 0.2) is 0 Å². The number of carbonyl (C=O) groups is 2. The van der Waals surface area contributed by atoms with Crippen LogP contribution in [0.15, 0.2) is 54.6 Å². The molecule has 0 spiro atoms. The lowest BCUT2D eigenvalue weighted by Gasteiger charge is -2.24. The summed E-state index contributed by atoms with van der Waals surface area (Å²) in [4.78, 5) is 28.6. The van der Waals surface area contributed by atoms with E-state index in [1.54, 1.807) is 0 Å². The van der Waals surface area contributed by atoms with E-state index in [1.165, 1.54) is 5.56 Å². The molecule has 1 N–H and O–H groups in total. The van der Waals surface area contributed by atoms with Crippen molar-refractivity contribution in [1.82, 2.24) is 4.90 Å². The van der Waals surface area contributed by atoms with Gasteiger partial charge in [0.2, 0.25) is 11.8 Å². The fourth-order valence-electron chi connectivity index (χ4n) is 4.19. The summed E-state index contributed by atoms with van der Waals surface area (Å²) in [5, 5.41) is 3.02. The van der Waals surface area contributed by atoms with E-state index in [4.69, 9.17) is 0 Å². The largest absolute Gasteiger partial charge is 0.325 e. The molecule has 2 aliphatic rings. The van der Waals surface area contributed by atoms with Crippen molar-refractivity contribution >= 4 is 23.2 Å². The van der Waals surface area contributed by atoms with E-state index < -0.39 is 0 Å². The average Bonchev–Trinajstić information content (AvgIpc) is 3.38. The summed E-state index contributed by atoms with van der Waals surface area (Å²) >= 11 is 0. The number of carbonyl (C=O) groups excluding carboxylic acids is 2. The minimum atomic E-state index is -0.173. The number of hydrogen-bond donors (Lipinski definition) is 1. The van der Waals surface area contributed by atoms with Crippen molar-refractivity contribution in [1.29, 1.82) is 0 Å². The van der Waals surface area contributed by atoms with Crippen molar-refractivity contribution in [3.05, 3.63) is 60.2 Å². The zero-order valence-electron chi connectivity index (χ0n) is 16.3. The maximum absolute atomic E-state index is 12.7. The zero-order valence-corrected chi connectivity index (χ0v) is 16.3. The molecule has 2 fully saturated rings. The molecular weight excluding hydrogens is 350 g/mol. The second-order valence-electron chi connectivity index (χ2n) is 7.75. The van der Waals surface area contributed by atoms with E-state index in [0.717, 1.165) is 43.9 Å². The lowest BCUT2D eigenvalue weighted by molar-refractivity contribution is -0.120. The Morgan fingerprint density at radius 3 is 2.50 bits per heavy atom. The SMILES string of the molecule is C[C@@H](C(=O)Nc1ccc(N2CCCC2=O)cc1)N1CC[C@H](c2ccccc2)C1. The molecule has 0 aliphatic carbocycles. The smallest absolute Gasteiger partial charge is 0.241 e.